The molecule has 0 radical (unpaired) electrons. The van der Waals surface area contributed by atoms with Gasteiger partial charge in [0.1, 0.15) is 5.75 Å². The van der Waals surface area contributed by atoms with Crippen LogP contribution in [0.3, 0.4) is 0 Å². The third kappa shape index (κ3) is 3.07. The molecule has 1 unspecified atom stereocenters. The zero-order chi connectivity index (χ0) is 14.7. The Morgan fingerprint density at radius 3 is 2.30 bits per heavy atom. The normalized spacial score (nSPS) is 12.1. The first kappa shape index (κ1) is 14.7. The Bertz CT molecular complexity index is 593. The van der Waals surface area contributed by atoms with E-state index in [0.717, 1.165) is 27.6 Å². The van der Waals surface area contributed by atoms with Crippen LogP contribution in [0, 0.1) is 13.8 Å². The van der Waals surface area contributed by atoms with Gasteiger partial charge in [-0.2, -0.15) is 0 Å². The summed E-state index contributed by atoms with van der Waals surface area (Å²) in [6.07, 6.45) is 0. The monoisotopic (exact) mass is 289 g/mol. The van der Waals surface area contributed by atoms with Gasteiger partial charge in [0.25, 0.3) is 0 Å². The average Bonchev–Trinajstić information content (AvgIpc) is 2.43. The topological polar surface area (TPSA) is 21.3 Å². The minimum atomic E-state index is 0.207. The van der Waals surface area contributed by atoms with E-state index in [1.807, 2.05) is 24.3 Å². The van der Waals surface area contributed by atoms with Crippen LogP contribution in [0.25, 0.3) is 0 Å². The molecule has 0 aliphatic heterocycles. The number of hydrogen-bond acceptors (Lipinski definition) is 2. The second kappa shape index (κ2) is 6.19. The molecule has 0 aliphatic rings. The predicted molar refractivity (Wildman–Crippen MR) is 86.0 cm³/mol. The second-order valence-corrected chi connectivity index (χ2v) is 5.44. The SMILES string of the molecule is COc1c(C)ccc(NC(C)c2ccc(Cl)cc2)c1C. The van der Waals surface area contributed by atoms with Crippen molar-refractivity contribution in [1.82, 2.24) is 0 Å². The van der Waals surface area contributed by atoms with Gasteiger partial charge in [0.05, 0.1) is 7.11 Å². The Hall–Kier alpha value is -1.67. The molecule has 0 aromatic heterocycles. The van der Waals surface area contributed by atoms with Gasteiger partial charge in [-0.15, -0.1) is 0 Å². The zero-order valence-corrected chi connectivity index (χ0v) is 13.1. The Labute approximate surface area is 125 Å². The number of anilines is 1. The Morgan fingerprint density at radius 2 is 1.70 bits per heavy atom. The number of ether oxygens (including phenoxy) is 1. The number of methoxy groups -OCH3 is 1. The van der Waals surface area contributed by atoms with Gasteiger partial charge in [-0.25, -0.2) is 0 Å². The van der Waals surface area contributed by atoms with Crippen molar-refractivity contribution in [2.45, 2.75) is 26.8 Å². The lowest BCUT2D eigenvalue weighted by Gasteiger charge is -2.20. The standard InChI is InChI=1S/C17H20ClNO/c1-11-5-10-16(12(2)17(11)20-4)19-13(3)14-6-8-15(18)9-7-14/h5-10,13,19H,1-4H3. The average molecular weight is 290 g/mol. The fourth-order valence-electron chi connectivity index (χ4n) is 2.37. The van der Waals surface area contributed by atoms with Gasteiger partial charge in [0.15, 0.2) is 0 Å². The van der Waals surface area contributed by atoms with E-state index in [2.05, 4.69) is 38.2 Å². The van der Waals surface area contributed by atoms with E-state index in [1.54, 1.807) is 7.11 Å². The van der Waals surface area contributed by atoms with Crippen LogP contribution in [-0.2, 0) is 0 Å². The lowest BCUT2D eigenvalue weighted by Crippen LogP contribution is -2.08. The Kier molecular flexibility index (Phi) is 4.56. The quantitative estimate of drug-likeness (QED) is 0.841. The summed E-state index contributed by atoms with van der Waals surface area (Å²) < 4.78 is 5.46. The molecule has 0 amide bonds. The molecule has 2 aromatic rings. The van der Waals surface area contributed by atoms with Crippen molar-refractivity contribution in [1.29, 1.82) is 0 Å². The molecule has 2 rings (SSSR count). The van der Waals surface area contributed by atoms with Crippen LogP contribution >= 0.6 is 11.6 Å². The molecule has 0 spiro atoms. The van der Waals surface area contributed by atoms with Gasteiger partial charge in [0.2, 0.25) is 0 Å². The summed E-state index contributed by atoms with van der Waals surface area (Å²) in [6, 6.07) is 12.3. The van der Waals surface area contributed by atoms with E-state index in [0.29, 0.717) is 0 Å². The molecular weight excluding hydrogens is 270 g/mol. The number of hydrogen-bond donors (Lipinski definition) is 1. The van der Waals surface area contributed by atoms with E-state index in [4.69, 9.17) is 16.3 Å². The molecule has 0 saturated carbocycles. The van der Waals surface area contributed by atoms with Crippen molar-refractivity contribution in [2.75, 3.05) is 12.4 Å². The van der Waals surface area contributed by atoms with Crippen molar-refractivity contribution in [2.24, 2.45) is 0 Å². The lowest BCUT2D eigenvalue weighted by atomic mass is 10.1. The largest absolute Gasteiger partial charge is 0.496 e. The lowest BCUT2D eigenvalue weighted by molar-refractivity contribution is 0.409. The maximum absolute atomic E-state index is 5.92. The Morgan fingerprint density at radius 1 is 1.05 bits per heavy atom. The summed E-state index contributed by atoms with van der Waals surface area (Å²) >= 11 is 5.92. The third-order valence-electron chi connectivity index (χ3n) is 3.55. The van der Waals surface area contributed by atoms with Crippen molar-refractivity contribution >= 4 is 17.3 Å². The van der Waals surface area contributed by atoms with Gasteiger partial charge in [-0.05, 0) is 50.1 Å². The molecule has 2 aromatic carbocycles. The third-order valence-corrected chi connectivity index (χ3v) is 3.80. The summed E-state index contributed by atoms with van der Waals surface area (Å²) in [7, 11) is 1.71. The van der Waals surface area contributed by atoms with Crippen molar-refractivity contribution in [3.8, 4) is 5.75 Å². The number of aryl methyl sites for hydroxylation is 1. The van der Waals surface area contributed by atoms with Crippen molar-refractivity contribution < 1.29 is 4.74 Å². The van der Waals surface area contributed by atoms with Crippen LogP contribution in [-0.4, -0.2) is 7.11 Å². The van der Waals surface area contributed by atoms with E-state index in [-0.39, 0.29) is 6.04 Å². The summed E-state index contributed by atoms with van der Waals surface area (Å²) in [6.45, 7) is 6.26. The predicted octanol–water partition coefficient (Wildman–Crippen LogP) is 5.14. The van der Waals surface area contributed by atoms with Gasteiger partial charge >= 0.3 is 0 Å². The minimum Gasteiger partial charge on any atom is -0.496 e. The maximum Gasteiger partial charge on any atom is 0.126 e. The van der Waals surface area contributed by atoms with Crippen molar-refractivity contribution in [3.63, 3.8) is 0 Å². The molecule has 106 valence electrons. The van der Waals surface area contributed by atoms with Crippen LogP contribution in [0.4, 0.5) is 5.69 Å². The first-order valence-corrected chi connectivity index (χ1v) is 7.07. The first-order chi connectivity index (χ1) is 9.52. The number of nitrogens with one attached hydrogen (secondary N) is 1. The second-order valence-electron chi connectivity index (χ2n) is 5.01. The van der Waals surface area contributed by atoms with Crippen molar-refractivity contribution in [3.05, 3.63) is 58.1 Å². The smallest absolute Gasteiger partial charge is 0.126 e. The fraction of sp³-hybridized carbons (Fsp3) is 0.294. The van der Waals surface area contributed by atoms with Crippen LogP contribution in [0.1, 0.15) is 29.7 Å². The molecule has 1 atom stereocenters. The zero-order valence-electron chi connectivity index (χ0n) is 12.3. The Balaban J connectivity index is 2.23. The van der Waals surface area contributed by atoms with Gasteiger partial charge in [0, 0.05) is 22.3 Å². The molecule has 20 heavy (non-hydrogen) atoms. The molecule has 2 nitrogen and oxygen atoms in total. The van der Waals surface area contributed by atoms with Crippen LogP contribution in [0.5, 0.6) is 5.75 Å². The van der Waals surface area contributed by atoms with Crippen LogP contribution < -0.4 is 10.1 Å². The van der Waals surface area contributed by atoms with Crippen LogP contribution in [0.15, 0.2) is 36.4 Å². The van der Waals surface area contributed by atoms with Crippen LogP contribution in [0.2, 0.25) is 5.02 Å². The molecule has 0 fully saturated rings. The van der Waals surface area contributed by atoms with E-state index >= 15 is 0 Å². The summed E-state index contributed by atoms with van der Waals surface area (Å²) in [5, 5.41) is 4.28. The molecule has 0 heterocycles. The number of benzene rings is 2. The van der Waals surface area contributed by atoms with Gasteiger partial charge in [-0.3, -0.25) is 0 Å². The summed E-state index contributed by atoms with van der Waals surface area (Å²) in [5.74, 6) is 0.943. The molecule has 3 heteroatoms. The summed E-state index contributed by atoms with van der Waals surface area (Å²) in [5.41, 5.74) is 4.58. The molecule has 0 aliphatic carbocycles. The fourth-order valence-corrected chi connectivity index (χ4v) is 2.49. The number of rotatable bonds is 4. The highest BCUT2D eigenvalue weighted by Crippen LogP contribution is 2.31. The van der Waals surface area contributed by atoms with E-state index < -0.39 is 0 Å². The highest BCUT2D eigenvalue weighted by Gasteiger charge is 2.11. The highest BCUT2D eigenvalue weighted by molar-refractivity contribution is 6.30. The van der Waals surface area contributed by atoms with Gasteiger partial charge < -0.3 is 10.1 Å². The summed E-state index contributed by atoms with van der Waals surface area (Å²) in [4.78, 5) is 0. The van der Waals surface area contributed by atoms with Gasteiger partial charge in [-0.1, -0.05) is 29.8 Å². The minimum absolute atomic E-state index is 0.207. The van der Waals surface area contributed by atoms with E-state index in [1.165, 1.54) is 5.56 Å². The maximum atomic E-state index is 5.92. The highest BCUT2D eigenvalue weighted by atomic mass is 35.5. The number of halogens is 1. The molecular formula is C17H20ClNO. The molecule has 0 saturated heterocycles. The molecule has 1 N–H and O–H groups in total. The first-order valence-electron chi connectivity index (χ1n) is 6.69. The van der Waals surface area contributed by atoms with E-state index in [9.17, 15) is 0 Å². The molecule has 0 bridgehead atoms.